The molecule has 1 amide bonds. The zero-order valence-corrected chi connectivity index (χ0v) is 17.5. The number of aliphatic hydroxyl groups excluding tert-OH is 1. The van der Waals surface area contributed by atoms with Crippen molar-refractivity contribution in [3.8, 4) is 11.5 Å². The van der Waals surface area contributed by atoms with Gasteiger partial charge in [0.15, 0.2) is 0 Å². The Morgan fingerprint density at radius 2 is 1.83 bits per heavy atom. The molecule has 0 aliphatic carbocycles. The van der Waals surface area contributed by atoms with Crippen LogP contribution in [0.2, 0.25) is 0 Å². The van der Waals surface area contributed by atoms with Gasteiger partial charge in [0.05, 0.1) is 17.7 Å². The summed E-state index contributed by atoms with van der Waals surface area (Å²) in [5, 5.41) is 20.7. The average Bonchev–Trinajstić information content (AvgIpc) is 2.96. The lowest BCUT2D eigenvalue weighted by molar-refractivity contribution is -0.139. The number of nitrogens with zero attached hydrogens (tertiary/aromatic N) is 1. The van der Waals surface area contributed by atoms with Crippen LogP contribution >= 0.6 is 0 Å². The molecule has 1 unspecified atom stereocenters. The Labute approximate surface area is 176 Å². The van der Waals surface area contributed by atoms with E-state index in [2.05, 4.69) is 0 Å². The van der Waals surface area contributed by atoms with Crippen LogP contribution in [0.3, 0.4) is 0 Å². The molecule has 6 heteroatoms. The van der Waals surface area contributed by atoms with E-state index in [-0.39, 0.29) is 23.2 Å². The topological polar surface area (TPSA) is 87.1 Å². The molecular weight excluding hydrogens is 382 g/mol. The number of aliphatic hydroxyl groups is 1. The first-order valence-electron chi connectivity index (χ1n) is 10.2. The molecule has 2 N–H and O–H groups in total. The first kappa shape index (κ1) is 21.4. The average molecular weight is 409 g/mol. The molecule has 0 spiro atoms. The zero-order chi connectivity index (χ0) is 21.8. The molecular formula is C24H27NO5. The molecule has 0 radical (unpaired) electrons. The van der Waals surface area contributed by atoms with Gasteiger partial charge in [0.2, 0.25) is 0 Å². The molecule has 1 aliphatic heterocycles. The van der Waals surface area contributed by atoms with Crippen molar-refractivity contribution in [2.24, 2.45) is 0 Å². The minimum absolute atomic E-state index is 0.0426. The smallest absolute Gasteiger partial charge is 0.295 e. The summed E-state index contributed by atoms with van der Waals surface area (Å²) in [5.41, 5.74) is 1.10. The maximum absolute atomic E-state index is 12.9. The number of unbranched alkanes of at least 4 members (excludes halogenated alkanes) is 1. The van der Waals surface area contributed by atoms with Crippen molar-refractivity contribution in [1.29, 1.82) is 0 Å². The van der Waals surface area contributed by atoms with E-state index in [0.717, 1.165) is 12.8 Å². The van der Waals surface area contributed by atoms with Gasteiger partial charge in [0.25, 0.3) is 11.7 Å². The summed E-state index contributed by atoms with van der Waals surface area (Å²) in [6, 6.07) is 12.5. The number of rotatable bonds is 7. The van der Waals surface area contributed by atoms with Gasteiger partial charge in [-0.05, 0) is 50.1 Å². The predicted molar refractivity (Wildman–Crippen MR) is 114 cm³/mol. The monoisotopic (exact) mass is 409 g/mol. The van der Waals surface area contributed by atoms with Crippen LogP contribution in [0.5, 0.6) is 11.5 Å². The van der Waals surface area contributed by atoms with Crippen LogP contribution in [0, 0.1) is 0 Å². The van der Waals surface area contributed by atoms with E-state index in [0.29, 0.717) is 23.4 Å². The zero-order valence-electron chi connectivity index (χ0n) is 17.5. The molecule has 1 aliphatic rings. The molecule has 1 heterocycles. The van der Waals surface area contributed by atoms with Crippen molar-refractivity contribution in [3.63, 3.8) is 0 Å². The second-order valence-corrected chi connectivity index (χ2v) is 7.63. The van der Waals surface area contributed by atoms with Crippen molar-refractivity contribution < 1.29 is 24.5 Å². The number of aromatic hydroxyl groups is 1. The third-order valence-corrected chi connectivity index (χ3v) is 4.98. The summed E-state index contributed by atoms with van der Waals surface area (Å²) in [4.78, 5) is 27.2. The lowest BCUT2D eigenvalue weighted by atomic mass is 9.95. The molecule has 0 bridgehead atoms. The van der Waals surface area contributed by atoms with Crippen molar-refractivity contribution in [1.82, 2.24) is 4.90 Å². The highest BCUT2D eigenvalue weighted by atomic mass is 16.5. The molecule has 6 nitrogen and oxygen atoms in total. The van der Waals surface area contributed by atoms with Gasteiger partial charge in [0.1, 0.15) is 17.3 Å². The summed E-state index contributed by atoms with van der Waals surface area (Å²) >= 11 is 0. The largest absolute Gasteiger partial charge is 0.508 e. The normalized spacial score (nSPS) is 18.3. The van der Waals surface area contributed by atoms with Crippen LogP contribution in [0.4, 0.5) is 0 Å². The van der Waals surface area contributed by atoms with Crippen molar-refractivity contribution in [3.05, 3.63) is 65.2 Å². The first-order valence-corrected chi connectivity index (χ1v) is 10.2. The minimum Gasteiger partial charge on any atom is -0.508 e. The van der Waals surface area contributed by atoms with E-state index in [1.165, 1.54) is 17.0 Å². The Bertz CT molecular complexity index is 962. The molecule has 30 heavy (non-hydrogen) atoms. The number of carbonyl (C=O) groups excluding carboxylic acids is 2. The summed E-state index contributed by atoms with van der Waals surface area (Å²) in [6.45, 7) is 6.21. The number of amides is 1. The minimum atomic E-state index is -0.716. The lowest BCUT2D eigenvalue weighted by Crippen LogP contribution is -2.30. The van der Waals surface area contributed by atoms with Gasteiger partial charge in [-0.2, -0.15) is 0 Å². The maximum atomic E-state index is 12.9. The number of carbonyl (C=O) groups is 2. The summed E-state index contributed by atoms with van der Waals surface area (Å²) < 4.78 is 5.69. The SMILES string of the molecule is CCCCN1C(=O)C(=O)/C(=C(\O)c2cccc(OC(C)C)c2)C1c1ccc(O)cc1. The number of benzene rings is 2. The lowest BCUT2D eigenvalue weighted by Gasteiger charge is -2.25. The maximum Gasteiger partial charge on any atom is 0.295 e. The summed E-state index contributed by atoms with van der Waals surface area (Å²) in [5.74, 6) is -0.924. The molecule has 3 rings (SSSR count). The predicted octanol–water partition coefficient (Wildman–Crippen LogP) is 4.40. The highest BCUT2D eigenvalue weighted by Gasteiger charge is 2.45. The third kappa shape index (κ3) is 4.32. The number of ether oxygens (including phenoxy) is 1. The van der Waals surface area contributed by atoms with E-state index in [1.807, 2.05) is 20.8 Å². The van der Waals surface area contributed by atoms with Gasteiger partial charge >= 0.3 is 0 Å². The number of hydrogen-bond acceptors (Lipinski definition) is 5. The Hall–Kier alpha value is -3.28. The van der Waals surface area contributed by atoms with Gasteiger partial charge < -0.3 is 19.8 Å². The van der Waals surface area contributed by atoms with Crippen molar-refractivity contribution in [2.75, 3.05) is 6.54 Å². The third-order valence-electron chi connectivity index (χ3n) is 4.98. The molecule has 0 saturated carbocycles. The van der Waals surface area contributed by atoms with Crippen molar-refractivity contribution in [2.45, 2.75) is 45.8 Å². The van der Waals surface area contributed by atoms with Gasteiger partial charge in [0, 0.05) is 12.1 Å². The number of phenolic OH excluding ortho intramolecular Hbond substituents is 1. The number of Topliss-reactive ketones (excluding diaryl/α,β-unsaturated/α-hetero) is 1. The van der Waals surface area contributed by atoms with Crippen LogP contribution in [0.25, 0.3) is 5.76 Å². The molecule has 158 valence electrons. The Morgan fingerprint density at radius 3 is 2.47 bits per heavy atom. The van der Waals surface area contributed by atoms with Crippen molar-refractivity contribution >= 4 is 17.4 Å². The highest BCUT2D eigenvalue weighted by Crippen LogP contribution is 2.40. The summed E-state index contributed by atoms with van der Waals surface area (Å²) in [7, 11) is 0. The highest BCUT2D eigenvalue weighted by molar-refractivity contribution is 6.46. The molecule has 0 aromatic heterocycles. The Morgan fingerprint density at radius 1 is 1.13 bits per heavy atom. The number of phenols is 1. The molecule has 2 aromatic rings. The standard InChI is InChI=1S/C24H27NO5/c1-4-5-13-25-21(16-9-11-18(26)12-10-16)20(23(28)24(25)29)22(27)17-7-6-8-19(14-17)30-15(2)3/h6-12,14-15,21,26-27H,4-5,13H2,1-3H3/b22-20-. The van der Waals surface area contributed by atoms with Crippen LogP contribution < -0.4 is 4.74 Å². The van der Waals surface area contributed by atoms with Crippen LogP contribution in [0.1, 0.15) is 50.8 Å². The van der Waals surface area contributed by atoms with Crippen LogP contribution in [-0.4, -0.2) is 39.5 Å². The molecule has 1 atom stereocenters. The number of likely N-dealkylation sites (tertiary alicyclic amines) is 1. The van der Waals surface area contributed by atoms with E-state index in [9.17, 15) is 19.8 Å². The molecule has 2 aromatic carbocycles. The summed E-state index contributed by atoms with van der Waals surface area (Å²) in [6.07, 6.45) is 1.55. The first-order chi connectivity index (χ1) is 14.3. The van der Waals surface area contributed by atoms with Gasteiger partial charge in [-0.3, -0.25) is 9.59 Å². The van der Waals surface area contributed by atoms with E-state index in [4.69, 9.17) is 4.74 Å². The second kappa shape index (κ2) is 9.03. The number of ketones is 1. The second-order valence-electron chi connectivity index (χ2n) is 7.63. The fraction of sp³-hybridized carbons (Fsp3) is 0.333. The van der Waals surface area contributed by atoms with Gasteiger partial charge in [-0.15, -0.1) is 0 Å². The quantitative estimate of drug-likeness (QED) is 0.402. The van der Waals surface area contributed by atoms with Gasteiger partial charge in [-0.1, -0.05) is 37.6 Å². The molecule has 1 saturated heterocycles. The van der Waals surface area contributed by atoms with Crippen LogP contribution in [-0.2, 0) is 9.59 Å². The van der Waals surface area contributed by atoms with E-state index < -0.39 is 17.7 Å². The van der Waals surface area contributed by atoms with E-state index in [1.54, 1.807) is 36.4 Å². The van der Waals surface area contributed by atoms with E-state index >= 15 is 0 Å². The fourth-order valence-electron chi connectivity index (χ4n) is 3.59. The van der Waals surface area contributed by atoms with Gasteiger partial charge in [-0.25, -0.2) is 0 Å². The van der Waals surface area contributed by atoms with Crippen LogP contribution in [0.15, 0.2) is 54.1 Å². The number of hydrogen-bond donors (Lipinski definition) is 2. The Kier molecular flexibility index (Phi) is 6.45. The molecule has 1 fully saturated rings. The fourth-order valence-corrected chi connectivity index (χ4v) is 3.59. The Balaban J connectivity index is 2.12.